The molecule has 156 valence electrons. The molecule has 4 rings (SSSR count). The third kappa shape index (κ3) is 4.54. The van der Waals surface area contributed by atoms with Crippen LogP contribution in [0.25, 0.3) is 16.7 Å². The topological polar surface area (TPSA) is 64.0 Å². The average molecular weight is 430 g/mol. The minimum atomic E-state index is -0.388. The molecule has 0 radical (unpaired) electrons. The zero-order valence-electron chi connectivity index (χ0n) is 17.6. The summed E-state index contributed by atoms with van der Waals surface area (Å²) in [7, 11) is 0. The monoisotopic (exact) mass is 429 g/mol. The largest absolute Gasteiger partial charge is 0.325 e. The number of carbonyl (C=O) groups is 2. The van der Waals surface area contributed by atoms with Gasteiger partial charge in [0.2, 0.25) is 5.91 Å². The number of Topliss-reactive ketones (excluding diaryl/α,β-unsaturated/α-hetero) is 1. The molecule has 3 aromatic carbocycles. The fourth-order valence-electron chi connectivity index (χ4n) is 3.37. The van der Waals surface area contributed by atoms with Gasteiger partial charge in [-0.15, -0.1) is 0 Å². The maximum absolute atomic E-state index is 12.9. The molecule has 0 aliphatic rings. The van der Waals surface area contributed by atoms with Gasteiger partial charge in [-0.05, 0) is 62.7 Å². The van der Waals surface area contributed by atoms with Crippen LogP contribution in [0.15, 0.2) is 78.0 Å². The van der Waals surface area contributed by atoms with E-state index >= 15 is 0 Å². The van der Waals surface area contributed by atoms with Gasteiger partial charge in [-0.1, -0.05) is 48.2 Å². The van der Waals surface area contributed by atoms with E-state index in [1.807, 2.05) is 43.3 Å². The van der Waals surface area contributed by atoms with E-state index < -0.39 is 0 Å². The Labute approximate surface area is 185 Å². The number of rotatable bonds is 6. The molecule has 5 nitrogen and oxygen atoms in total. The van der Waals surface area contributed by atoms with Gasteiger partial charge in [-0.25, -0.2) is 4.98 Å². The standard InChI is InChI=1S/C25H23N3O2S/c1-16-8-6-11-21(14-16)28-23-13-5-4-12-22(23)27-25(28)31-18(3)24(30)26-20-10-7-9-19(15-20)17(2)29/h4-15,18H,1-3H3,(H,26,30)/t18-/m1/s1. The van der Waals surface area contributed by atoms with Crippen LogP contribution < -0.4 is 5.32 Å². The van der Waals surface area contributed by atoms with Crippen molar-refractivity contribution in [1.82, 2.24) is 9.55 Å². The van der Waals surface area contributed by atoms with Gasteiger partial charge in [-0.2, -0.15) is 0 Å². The van der Waals surface area contributed by atoms with Crippen LogP contribution in [0.3, 0.4) is 0 Å². The predicted octanol–water partition coefficient (Wildman–Crippen LogP) is 5.66. The smallest absolute Gasteiger partial charge is 0.237 e. The van der Waals surface area contributed by atoms with Crippen LogP contribution in [0.2, 0.25) is 0 Å². The molecule has 0 fully saturated rings. The number of hydrogen-bond donors (Lipinski definition) is 1. The molecular weight excluding hydrogens is 406 g/mol. The number of amides is 1. The Bertz CT molecular complexity index is 1280. The van der Waals surface area contributed by atoms with E-state index in [0.29, 0.717) is 11.3 Å². The summed E-state index contributed by atoms with van der Waals surface area (Å²) in [5.74, 6) is -0.182. The molecule has 1 N–H and O–H groups in total. The quantitative estimate of drug-likeness (QED) is 0.317. The van der Waals surface area contributed by atoms with Crippen LogP contribution in [0, 0.1) is 6.92 Å². The fraction of sp³-hybridized carbons (Fsp3) is 0.160. The maximum Gasteiger partial charge on any atom is 0.237 e. The molecule has 0 spiro atoms. The van der Waals surface area contributed by atoms with Crippen molar-refractivity contribution in [2.75, 3.05) is 5.32 Å². The molecule has 0 saturated heterocycles. The number of ketones is 1. The zero-order valence-corrected chi connectivity index (χ0v) is 18.4. The van der Waals surface area contributed by atoms with Gasteiger partial charge in [0, 0.05) is 16.9 Å². The number of thioether (sulfide) groups is 1. The summed E-state index contributed by atoms with van der Waals surface area (Å²) in [4.78, 5) is 29.3. The number of fused-ring (bicyclic) bond motifs is 1. The van der Waals surface area contributed by atoms with E-state index in [1.165, 1.54) is 18.7 Å². The van der Waals surface area contributed by atoms with Crippen molar-refractivity contribution in [3.05, 3.63) is 83.9 Å². The van der Waals surface area contributed by atoms with E-state index in [9.17, 15) is 9.59 Å². The van der Waals surface area contributed by atoms with Crippen molar-refractivity contribution in [3.63, 3.8) is 0 Å². The van der Waals surface area contributed by atoms with Crippen LogP contribution in [-0.4, -0.2) is 26.5 Å². The summed E-state index contributed by atoms with van der Waals surface area (Å²) in [6.45, 7) is 5.42. The summed E-state index contributed by atoms with van der Waals surface area (Å²) in [5, 5.41) is 3.28. The second-order valence-corrected chi connectivity index (χ2v) is 8.75. The number of aromatic nitrogens is 2. The van der Waals surface area contributed by atoms with Crippen LogP contribution >= 0.6 is 11.8 Å². The molecule has 0 aliphatic carbocycles. The normalized spacial score (nSPS) is 12.0. The van der Waals surface area contributed by atoms with Crippen molar-refractivity contribution in [2.45, 2.75) is 31.2 Å². The highest BCUT2D eigenvalue weighted by Gasteiger charge is 2.20. The summed E-state index contributed by atoms with van der Waals surface area (Å²) in [5.41, 5.74) is 5.22. The highest BCUT2D eigenvalue weighted by Crippen LogP contribution is 2.31. The van der Waals surface area contributed by atoms with Crippen molar-refractivity contribution < 1.29 is 9.59 Å². The first-order chi connectivity index (χ1) is 14.9. The Morgan fingerprint density at radius 2 is 1.77 bits per heavy atom. The minimum Gasteiger partial charge on any atom is -0.325 e. The second kappa shape index (κ2) is 8.78. The number of benzene rings is 3. The summed E-state index contributed by atoms with van der Waals surface area (Å²) < 4.78 is 2.09. The number of para-hydroxylation sites is 2. The molecule has 1 aromatic heterocycles. The average Bonchev–Trinajstić information content (AvgIpc) is 3.11. The van der Waals surface area contributed by atoms with E-state index in [1.54, 1.807) is 24.3 Å². The molecule has 1 heterocycles. The van der Waals surface area contributed by atoms with Crippen LogP contribution in [-0.2, 0) is 4.79 Å². The lowest BCUT2D eigenvalue weighted by atomic mass is 10.1. The van der Waals surface area contributed by atoms with E-state index in [0.717, 1.165) is 27.4 Å². The van der Waals surface area contributed by atoms with Crippen LogP contribution in [0.5, 0.6) is 0 Å². The molecule has 1 atom stereocenters. The Balaban J connectivity index is 1.62. The van der Waals surface area contributed by atoms with Crippen LogP contribution in [0.1, 0.15) is 29.8 Å². The number of nitrogens with one attached hydrogen (secondary N) is 1. The third-order valence-electron chi connectivity index (χ3n) is 4.98. The number of aryl methyl sites for hydroxylation is 1. The summed E-state index contributed by atoms with van der Waals surface area (Å²) in [6.07, 6.45) is 0. The summed E-state index contributed by atoms with van der Waals surface area (Å²) in [6, 6.07) is 23.2. The Hall–Kier alpha value is -3.38. The molecule has 0 unspecified atom stereocenters. The predicted molar refractivity (Wildman–Crippen MR) is 126 cm³/mol. The van der Waals surface area contributed by atoms with E-state index in [4.69, 9.17) is 4.98 Å². The molecule has 0 aliphatic heterocycles. The number of hydrogen-bond acceptors (Lipinski definition) is 4. The number of carbonyl (C=O) groups excluding carboxylic acids is 2. The SMILES string of the molecule is CC(=O)c1cccc(NC(=O)[C@@H](C)Sc2nc3ccccc3n2-c2cccc(C)c2)c1. The molecule has 31 heavy (non-hydrogen) atoms. The Morgan fingerprint density at radius 3 is 2.55 bits per heavy atom. The molecule has 1 amide bonds. The van der Waals surface area contributed by atoms with Crippen LogP contribution in [0.4, 0.5) is 5.69 Å². The first-order valence-electron chi connectivity index (χ1n) is 10.1. The van der Waals surface area contributed by atoms with Crippen molar-refractivity contribution in [2.24, 2.45) is 0 Å². The first-order valence-corrected chi connectivity index (χ1v) is 10.9. The van der Waals surface area contributed by atoms with Gasteiger partial charge < -0.3 is 5.32 Å². The molecule has 6 heteroatoms. The van der Waals surface area contributed by atoms with Gasteiger partial charge in [-0.3, -0.25) is 14.2 Å². The minimum absolute atomic E-state index is 0.0367. The van der Waals surface area contributed by atoms with Crippen molar-refractivity contribution in [3.8, 4) is 5.69 Å². The molecule has 4 aromatic rings. The maximum atomic E-state index is 12.9. The van der Waals surface area contributed by atoms with Gasteiger partial charge in [0.1, 0.15) is 0 Å². The molecular formula is C25H23N3O2S. The van der Waals surface area contributed by atoms with E-state index in [2.05, 4.69) is 28.9 Å². The fourth-order valence-corrected chi connectivity index (χ4v) is 4.31. The Kier molecular flexibility index (Phi) is 5.91. The third-order valence-corrected chi connectivity index (χ3v) is 6.03. The highest BCUT2D eigenvalue weighted by atomic mass is 32.2. The van der Waals surface area contributed by atoms with Gasteiger partial charge >= 0.3 is 0 Å². The first kappa shape index (κ1) is 20.9. The highest BCUT2D eigenvalue weighted by molar-refractivity contribution is 8.00. The van der Waals surface area contributed by atoms with Gasteiger partial charge in [0.25, 0.3) is 0 Å². The van der Waals surface area contributed by atoms with E-state index in [-0.39, 0.29) is 16.9 Å². The number of anilines is 1. The lowest BCUT2D eigenvalue weighted by molar-refractivity contribution is -0.115. The van der Waals surface area contributed by atoms with Crippen molar-refractivity contribution >= 4 is 40.2 Å². The van der Waals surface area contributed by atoms with Crippen molar-refractivity contribution in [1.29, 1.82) is 0 Å². The Morgan fingerprint density at radius 1 is 1.00 bits per heavy atom. The molecule has 0 saturated carbocycles. The van der Waals surface area contributed by atoms with Gasteiger partial charge in [0.15, 0.2) is 10.9 Å². The zero-order chi connectivity index (χ0) is 22.0. The second-order valence-electron chi connectivity index (χ2n) is 7.44. The summed E-state index contributed by atoms with van der Waals surface area (Å²) >= 11 is 1.41. The number of nitrogens with zero attached hydrogens (tertiary/aromatic N) is 2. The molecule has 0 bridgehead atoms. The lowest BCUT2D eigenvalue weighted by Gasteiger charge is -2.14. The lowest BCUT2D eigenvalue weighted by Crippen LogP contribution is -2.23. The number of imidazole rings is 1. The van der Waals surface area contributed by atoms with Gasteiger partial charge in [0.05, 0.1) is 16.3 Å².